The third-order valence-corrected chi connectivity index (χ3v) is 5.46. The number of hydrogen-bond donors (Lipinski definition) is 0. The van der Waals surface area contributed by atoms with Crippen LogP contribution in [0.2, 0.25) is 0 Å². The zero-order valence-corrected chi connectivity index (χ0v) is 17.4. The van der Waals surface area contributed by atoms with Crippen LogP contribution in [-0.4, -0.2) is 75.2 Å². The SMILES string of the molecule is C=C1C(=O)N=C(n2nc(C)c(CCC(=O)N3CCN(C(C)=O)CC3)c2C)N=C1C. The Morgan fingerprint density at radius 3 is 2.24 bits per heavy atom. The number of hydrogen-bond acceptors (Lipinski definition) is 5. The van der Waals surface area contributed by atoms with Crippen LogP contribution in [0.25, 0.3) is 0 Å². The molecule has 0 radical (unpaired) electrons. The molecular formula is C20H26N6O3. The van der Waals surface area contributed by atoms with Gasteiger partial charge in [-0.05, 0) is 32.8 Å². The summed E-state index contributed by atoms with van der Waals surface area (Å²) in [5.41, 5.74) is 3.35. The molecule has 0 saturated carbocycles. The lowest BCUT2D eigenvalue weighted by Gasteiger charge is -2.34. The Morgan fingerprint density at radius 1 is 1.03 bits per heavy atom. The smallest absolute Gasteiger partial charge is 0.281 e. The van der Waals surface area contributed by atoms with Crippen LogP contribution >= 0.6 is 0 Å². The maximum Gasteiger partial charge on any atom is 0.281 e. The van der Waals surface area contributed by atoms with E-state index in [2.05, 4.69) is 21.7 Å². The van der Waals surface area contributed by atoms with Crippen molar-refractivity contribution in [3.8, 4) is 0 Å². The van der Waals surface area contributed by atoms with Crippen LogP contribution in [0.5, 0.6) is 0 Å². The number of carbonyl (C=O) groups is 3. The van der Waals surface area contributed by atoms with Gasteiger partial charge in [0.15, 0.2) is 0 Å². The molecule has 1 aromatic rings. The van der Waals surface area contributed by atoms with Gasteiger partial charge < -0.3 is 9.80 Å². The Labute approximate surface area is 169 Å². The first-order valence-electron chi connectivity index (χ1n) is 9.65. The first-order valence-corrected chi connectivity index (χ1v) is 9.65. The number of aromatic nitrogens is 2. The van der Waals surface area contributed by atoms with E-state index in [1.165, 1.54) is 0 Å². The lowest BCUT2D eigenvalue weighted by atomic mass is 10.1. The Bertz CT molecular complexity index is 948. The van der Waals surface area contributed by atoms with Crippen LogP contribution in [0.15, 0.2) is 22.1 Å². The van der Waals surface area contributed by atoms with Crippen molar-refractivity contribution in [2.24, 2.45) is 9.98 Å². The van der Waals surface area contributed by atoms with Gasteiger partial charge in [-0.15, -0.1) is 0 Å². The Balaban J connectivity index is 1.68. The molecule has 2 aliphatic rings. The Morgan fingerprint density at radius 2 is 1.66 bits per heavy atom. The van der Waals surface area contributed by atoms with Gasteiger partial charge in [-0.2, -0.15) is 10.1 Å². The maximum absolute atomic E-state index is 12.6. The number of carbonyl (C=O) groups excluding carboxylic acids is 3. The fraction of sp³-hybridized carbons (Fsp3) is 0.500. The summed E-state index contributed by atoms with van der Waals surface area (Å²) in [4.78, 5) is 47.8. The predicted molar refractivity (Wildman–Crippen MR) is 109 cm³/mol. The van der Waals surface area contributed by atoms with Crippen LogP contribution < -0.4 is 0 Å². The quantitative estimate of drug-likeness (QED) is 0.706. The van der Waals surface area contributed by atoms with Crippen LogP contribution in [0.1, 0.15) is 37.2 Å². The number of piperazine rings is 1. The van der Waals surface area contributed by atoms with Crippen molar-refractivity contribution in [1.29, 1.82) is 0 Å². The van der Waals surface area contributed by atoms with Gasteiger partial charge in [0.2, 0.25) is 11.8 Å². The van der Waals surface area contributed by atoms with Gasteiger partial charge >= 0.3 is 0 Å². The first-order chi connectivity index (χ1) is 13.7. The summed E-state index contributed by atoms with van der Waals surface area (Å²) in [6.45, 7) is 13.0. The molecule has 1 aromatic heterocycles. The lowest BCUT2D eigenvalue weighted by molar-refractivity contribution is -0.138. The van der Waals surface area contributed by atoms with Crippen molar-refractivity contribution < 1.29 is 14.4 Å². The molecular weight excluding hydrogens is 372 g/mol. The zero-order chi connectivity index (χ0) is 21.3. The molecule has 0 unspecified atom stereocenters. The molecule has 2 aliphatic heterocycles. The predicted octanol–water partition coefficient (Wildman–Crippen LogP) is 0.885. The largest absolute Gasteiger partial charge is 0.339 e. The molecule has 0 aliphatic carbocycles. The van der Waals surface area contributed by atoms with E-state index in [1.807, 2.05) is 13.8 Å². The van der Waals surface area contributed by atoms with E-state index in [-0.39, 0.29) is 23.3 Å². The van der Waals surface area contributed by atoms with Gasteiger partial charge in [-0.3, -0.25) is 14.4 Å². The molecule has 9 nitrogen and oxygen atoms in total. The van der Waals surface area contributed by atoms with Crippen molar-refractivity contribution in [2.45, 2.75) is 40.5 Å². The highest BCUT2D eigenvalue weighted by Gasteiger charge is 2.24. The molecule has 29 heavy (non-hydrogen) atoms. The molecule has 0 spiro atoms. The van der Waals surface area contributed by atoms with Crippen LogP contribution in [0.3, 0.4) is 0 Å². The fourth-order valence-electron chi connectivity index (χ4n) is 3.54. The number of aryl methyl sites for hydroxylation is 1. The van der Waals surface area contributed by atoms with Crippen molar-refractivity contribution in [3.05, 3.63) is 29.1 Å². The minimum absolute atomic E-state index is 0.0429. The van der Waals surface area contributed by atoms with E-state index >= 15 is 0 Å². The van der Waals surface area contributed by atoms with E-state index in [0.29, 0.717) is 44.7 Å². The summed E-state index contributed by atoms with van der Waals surface area (Å²) in [5, 5.41) is 4.48. The average Bonchev–Trinajstić information content (AvgIpc) is 2.97. The van der Waals surface area contributed by atoms with Gasteiger partial charge in [-0.1, -0.05) is 6.58 Å². The number of amides is 3. The summed E-state index contributed by atoms with van der Waals surface area (Å²) in [6, 6.07) is 0. The topological polar surface area (TPSA) is 100 Å². The molecule has 0 bridgehead atoms. The maximum atomic E-state index is 12.6. The van der Waals surface area contributed by atoms with Crippen LogP contribution in [0, 0.1) is 13.8 Å². The van der Waals surface area contributed by atoms with Gasteiger partial charge in [0.1, 0.15) is 0 Å². The summed E-state index contributed by atoms with van der Waals surface area (Å²) >= 11 is 0. The van der Waals surface area contributed by atoms with Crippen molar-refractivity contribution in [3.63, 3.8) is 0 Å². The van der Waals surface area contributed by atoms with Crippen LogP contribution in [-0.2, 0) is 20.8 Å². The summed E-state index contributed by atoms with van der Waals surface area (Å²) in [7, 11) is 0. The van der Waals surface area contributed by atoms with Crippen LogP contribution in [0.4, 0.5) is 0 Å². The molecule has 3 amide bonds. The first kappa shape index (κ1) is 20.6. The molecule has 3 heterocycles. The normalized spacial score (nSPS) is 17.4. The Kier molecular flexibility index (Phi) is 5.76. The molecule has 3 rings (SSSR count). The molecule has 1 fully saturated rings. The number of nitrogens with zero attached hydrogens (tertiary/aromatic N) is 6. The third-order valence-electron chi connectivity index (χ3n) is 5.46. The standard InChI is InChI=1S/C20H26N6O3/c1-12-13(2)21-20(22-19(12)29)26-15(4)17(14(3)23-26)6-7-18(28)25-10-8-24(9-11-25)16(5)27/h1,6-11H2,2-5H3. The van der Waals surface area contributed by atoms with Gasteiger partial charge in [0.25, 0.3) is 11.9 Å². The molecule has 154 valence electrons. The molecule has 0 atom stereocenters. The average molecular weight is 398 g/mol. The summed E-state index contributed by atoms with van der Waals surface area (Å²) < 4.78 is 1.55. The molecule has 0 aromatic carbocycles. The van der Waals surface area contributed by atoms with E-state index in [4.69, 9.17) is 0 Å². The number of aliphatic imine (C=N–C) groups is 2. The summed E-state index contributed by atoms with van der Waals surface area (Å²) in [6.07, 6.45) is 0.901. The highest BCUT2D eigenvalue weighted by atomic mass is 16.2. The second kappa shape index (κ2) is 8.10. The third kappa shape index (κ3) is 4.18. The zero-order valence-electron chi connectivity index (χ0n) is 17.4. The molecule has 9 heteroatoms. The lowest BCUT2D eigenvalue weighted by Crippen LogP contribution is -2.50. The van der Waals surface area contributed by atoms with Crippen molar-refractivity contribution in [1.82, 2.24) is 19.6 Å². The molecule has 1 saturated heterocycles. The fourth-order valence-corrected chi connectivity index (χ4v) is 3.54. The monoisotopic (exact) mass is 398 g/mol. The van der Waals surface area contributed by atoms with E-state index in [1.54, 1.807) is 28.3 Å². The Hall–Kier alpha value is -3.10. The van der Waals surface area contributed by atoms with Crippen molar-refractivity contribution in [2.75, 3.05) is 26.2 Å². The van der Waals surface area contributed by atoms with Gasteiger partial charge in [0, 0.05) is 45.2 Å². The molecule has 0 N–H and O–H groups in total. The highest BCUT2D eigenvalue weighted by molar-refractivity contribution is 6.27. The van der Waals surface area contributed by atoms with E-state index in [0.717, 1.165) is 17.0 Å². The van der Waals surface area contributed by atoms with E-state index in [9.17, 15) is 14.4 Å². The highest BCUT2D eigenvalue weighted by Crippen LogP contribution is 2.18. The van der Waals surface area contributed by atoms with E-state index < -0.39 is 5.91 Å². The minimum Gasteiger partial charge on any atom is -0.339 e. The minimum atomic E-state index is -0.415. The van der Waals surface area contributed by atoms with Gasteiger partial charge in [0.05, 0.1) is 17.0 Å². The second-order valence-corrected chi connectivity index (χ2v) is 7.34. The summed E-state index contributed by atoms with van der Waals surface area (Å²) in [5.74, 6) is -0.0867. The van der Waals surface area contributed by atoms with Crippen molar-refractivity contribution >= 4 is 29.4 Å². The number of rotatable bonds is 3. The second-order valence-electron chi connectivity index (χ2n) is 7.34. The van der Waals surface area contributed by atoms with Gasteiger partial charge in [-0.25, -0.2) is 9.67 Å².